The minimum Gasteiger partial charge on any atom is -0.340 e. The van der Waals surface area contributed by atoms with E-state index in [-0.39, 0.29) is 6.61 Å². The fourth-order valence-electron chi connectivity index (χ4n) is 2.72. The summed E-state index contributed by atoms with van der Waals surface area (Å²) in [5.74, 6) is 10.0. The molecule has 6 N–H and O–H groups in total. The van der Waals surface area contributed by atoms with Gasteiger partial charge in [-0.1, -0.05) is 6.92 Å². The standard InChI is InChI=1S/C12H19N5O5/c1-6-3-17(11(19)16-9(6)18)10-7(2)8(22-15)12(4-13,21-10)5-20-14/h3-4,7-8,10,13H,5,14-15H2,1-2H3,(H,16,18,19). The summed E-state index contributed by atoms with van der Waals surface area (Å²) >= 11 is 0. The summed E-state index contributed by atoms with van der Waals surface area (Å²) in [6.07, 6.45) is 0.822. The van der Waals surface area contributed by atoms with Gasteiger partial charge in [-0.2, -0.15) is 0 Å². The number of nitrogens with one attached hydrogen (secondary N) is 2. The van der Waals surface area contributed by atoms with Gasteiger partial charge in [0.1, 0.15) is 18.9 Å². The molecule has 2 rings (SSSR count). The van der Waals surface area contributed by atoms with Crippen molar-refractivity contribution in [3.8, 4) is 0 Å². The Morgan fingerprint density at radius 3 is 2.77 bits per heavy atom. The van der Waals surface area contributed by atoms with Crippen LogP contribution in [0.15, 0.2) is 15.8 Å². The van der Waals surface area contributed by atoms with Crippen LogP contribution in [0.4, 0.5) is 0 Å². The second kappa shape index (κ2) is 6.10. The maximum atomic E-state index is 12.0. The maximum absolute atomic E-state index is 12.0. The molecule has 1 aliphatic rings. The van der Waals surface area contributed by atoms with Crippen LogP contribution in [-0.4, -0.2) is 34.1 Å². The van der Waals surface area contributed by atoms with Crippen LogP contribution in [0.25, 0.3) is 0 Å². The number of nitrogens with two attached hydrogens (primary N) is 2. The first kappa shape index (κ1) is 16.5. The van der Waals surface area contributed by atoms with Crippen molar-refractivity contribution < 1.29 is 14.4 Å². The van der Waals surface area contributed by atoms with Crippen LogP contribution in [0.5, 0.6) is 0 Å². The third-order valence-corrected chi connectivity index (χ3v) is 3.87. The molecule has 10 nitrogen and oxygen atoms in total. The lowest BCUT2D eigenvalue weighted by molar-refractivity contribution is -0.112. The van der Waals surface area contributed by atoms with Gasteiger partial charge in [-0.15, -0.1) is 0 Å². The van der Waals surface area contributed by atoms with E-state index in [4.69, 9.17) is 26.8 Å². The predicted molar refractivity (Wildman–Crippen MR) is 76.1 cm³/mol. The van der Waals surface area contributed by atoms with Gasteiger partial charge in [0.25, 0.3) is 5.56 Å². The highest BCUT2D eigenvalue weighted by atomic mass is 16.7. The Morgan fingerprint density at radius 2 is 2.23 bits per heavy atom. The van der Waals surface area contributed by atoms with Gasteiger partial charge < -0.3 is 15.0 Å². The average Bonchev–Trinajstić information content (AvgIpc) is 2.76. The molecule has 1 aliphatic heterocycles. The minimum absolute atomic E-state index is 0.170. The lowest BCUT2D eigenvalue weighted by Gasteiger charge is -2.28. The second-order valence-corrected chi connectivity index (χ2v) is 5.31. The van der Waals surface area contributed by atoms with Gasteiger partial charge in [-0.05, 0) is 6.92 Å². The van der Waals surface area contributed by atoms with E-state index in [1.807, 2.05) is 0 Å². The first-order chi connectivity index (χ1) is 10.4. The zero-order valence-corrected chi connectivity index (χ0v) is 12.2. The number of hydrogen-bond acceptors (Lipinski definition) is 8. The molecule has 0 aromatic carbocycles. The smallest absolute Gasteiger partial charge is 0.330 e. The van der Waals surface area contributed by atoms with E-state index in [2.05, 4.69) is 9.82 Å². The molecular weight excluding hydrogens is 294 g/mol. The van der Waals surface area contributed by atoms with Gasteiger partial charge in [0, 0.05) is 23.9 Å². The Balaban J connectivity index is 2.50. The van der Waals surface area contributed by atoms with Crippen LogP contribution in [-0.2, 0) is 14.4 Å². The number of hydrogen-bond donors (Lipinski definition) is 4. The molecule has 0 radical (unpaired) electrons. The molecule has 0 aliphatic carbocycles. The molecule has 22 heavy (non-hydrogen) atoms. The Bertz CT molecular complexity index is 671. The van der Waals surface area contributed by atoms with Gasteiger partial charge in [-0.25, -0.2) is 16.6 Å². The molecule has 1 fully saturated rings. The van der Waals surface area contributed by atoms with Crippen molar-refractivity contribution in [2.75, 3.05) is 6.61 Å². The van der Waals surface area contributed by atoms with E-state index in [9.17, 15) is 9.59 Å². The molecule has 122 valence electrons. The number of nitrogens with zero attached hydrogens (tertiary/aromatic N) is 1. The van der Waals surface area contributed by atoms with Crippen molar-refractivity contribution in [2.24, 2.45) is 17.7 Å². The Labute approximate surface area is 125 Å². The van der Waals surface area contributed by atoms with Crippen molar-refractivity contribution in [1.29, 1.82) is 5.41 Å². The molecule has 10 heteroatoms. The van der Waals surface area contributed by atoms with Gasteiger partial charge >= 0.3 is 5.69 Å². The van der Waals surface area contributed by atoms with Crippen LogP contribution >= 0.6 is 0 Å². The Hall–Kier alpha value is -1.85. The molecule has 0 amide bonds. The molecule has 0 saturated carbocycles. The van der Waals surface area contributed by atoms with E-state index < -0.39 is 35.1 Å². The molecule has 2 heterocycles. The number of aromatic nitrogens is 2. The average molecular weight is 313 g/mol. The molecule has 0 spiro atoms. The largest absolute Gasteiger partial charge is 0.340 e. The van der Waals surface area contributed by atoms with Crippen molar-refractivity contribution in [3.05, 3.63) is 32.6 Å². The predicted octanol–water partition coefficient (Wildman–Crippen LogP) is -1.45. The fourth-order valence-corrected chi connectivity index (χ4v) is 2.72. The second-order valence-electron chi connectivity index (χ2n) is 5.31. The minimum atomic E-state index is -1.32. The first-order valence-corrected chi connectivity index (χ1v) is 6.59. The summed E-state index contributed by atoms with van der Waals surface area (Å²) in [6, 6.07) is 0. The van der Waals surface area contributed by atoms with Gasteiger partial charge in [0.05, 0.1) is 0 Å². The quantitative estimate of drug-likeness (QED) is 0.382. The Kier molecular flexibility index (Phi) is 4.58. The van der Waals surface area contributed by atoms with E-state index in [1.165, 1.54) is 10.8 Å². The Morgan fingerprint density at radius 1 is 1.55 bits per heavy atom. The zero-order chi connectivity index (χ0) is 16.5. The van der Waals surface area contributed by atoms with Crippen molar-refractivity contribution in [3.63, 3.8) is 0 Å². The van der Waals surface area contributed by atoms with Crippen molar-refractivity contribution in [2.45, 2.75) is 31.8 Å². The van der Waals surface area contributed by atoms with E-state index >= 15 is 0 Å². The van der Waals surface area contributed by atoms with Gasteiger partial charge in [-0.3, -0.25) is 19.2 Å². The molecule has 1 aromatic rings. The molecule has 0 bridgehead atoms. The van der Waals surface area contributed by atoms with Crippen LogP contribution < -0.4 is 23.0 Å². The number of ether oxygens (including phenoxy) is 1. The fraction of sp³-hybridized carbons (Fsp3) is 0.583. The maximum Gasteiger partial charge on any atom is 0.330 e. The number of H-pyrrole nitrogens is 1. The number of aromatic amines is 1. The van der Waals surface area contributed by atoms with Crippen molar-refractivity contribution in [1.82, 2.24) is 9.55 Å². The summed E-state index contributed by atoms with van der Waals surface area (Å²) in [5.41, 5.74) is -2.07. The highest BCUT2D eigenvalue weighted by Gasteiger charge is 2.54. The summed E-state index contributed by atoms with van der Waals surface area (Å²) in [4.78, 5) is 35.2. The monoisotopic (exact) mass is 313 g/mol. The van der Waals surface area contributed by atoms with Gasteiger partial charge in [0.2, 0.25) is 0 Å². The summed E-state index contributed by atoms with van der Waals surface area (Å²) < 4.78 is 7.04. The number of rotatable bonds is 5. The zero-order valence-electron chi connectivity index (χ0n) is 12.2. The molecule has 1 saturated heterocycles. The SMILES string of the molecule is Cc1cn(C2OC(C=N)(CON)C(ON)C2C)c(=O)[nH]c1=O. The molecular formula is C12H19N5O5. The summed E-state index contributed by atoms with van der Waals surface area (Å²) in [7, 11) is 0. The van der Waals surface area contributed by atoms with Crippen LogP contribution in [0.1, 0.15) is 18.7 Å². The summed E-state index contributed by atoms with van der Waals surface area (Å²) in [5, 5.41) is 7.59. The molecule has 4 atom stereocenters. The molecule has 1 aromatic heterocycles. The first-order valence-electron chi connectivity index (χ1n) is 6.59. The lowest BCUT2D eigenvalue weighted by Crippen LogP contribution is -2.49. The van der Waals surface area contributed by atoms with Crippen LogP contribution in [0, 0.1) is 18.3 Å². The van der Waals surface area contributed by atoms with Crippen LogP contribution in [0.3, 0.4) is 0 Å². The third-order valence-electron chi connectivity index (χ3n) is 3.87. The third kappa shape index (κ3) is 2.51. The van der Waals surface area contributed by atoms with E-state index in [1.54, 1.807) is 13.8 Å². The van der Waals surface area contributed by atoms with Crippen LogP contribution in [0.2, 0.25) is 0 Å². The summed E-state index contributed by atoms with van der Waals surface area (Å²) in [6.45, 7) is 3.14. The van der Waals surface area contributed by atoms with Crippen molar-refractivity contribution >= 4 is 6.21 Å². The van der Waals surface area contributed by atoms with Gasteiger partial charge in [0.15, 0.2) is 5.60 Å². The van der Waals surface area contributed by atoms with E-state index in [0.717, 1.165) is 6.21 Å². The van der Waals surface area contributed by atoms with E-state index in [0.29, 0.717) is 5.56 Å². The lowest BCUT2D eigenvalue weighted by atomic mass is 9.92. The molecule has 4 unspecified atom stereocenters. The highest BCUT2D eigenvalue weighted by Crippen LogP contribution is 2.41. The topological polar surface area (TPSA) is 158 Å². The number of aryl methyl sites for hydroxylation is 1. The normalized spacial score (nSPS) is 31.4. The highest BCUT2D eigenvalue weighted by molar-refractivity contribution is 5.67.